The van der Waals surface area contributed by atoms with Crippen molar-refractivity contribution < 1.29 is 23.6 Å². The molecule has 0 radical (unpaired) electrons. The number of para-hydroxylation sites is 1. The minimum absolute atomic E-state index is 0.0207. The first-order valence-corrected chi connectivity index (χ1v) is 16.7. The van der Waals surface area contributed by atoms with Crippen LogP contribution in [0.4, 0.5) is 0 Å². The number of fused-ring (bicyclic) bond motifs is 6. The second-order valence-corrected chi connectivity index (χ2v) is 12.8. The van der Waals surface area contributed by atoms with Gasteiger partial charge in [0.2, 0.25) is 0 Å². The summed E-state index contributed by atoms with van der Waals surface area (Å²) in [4.78, 5) is 14.1. The number of aromatic nitrogens is 3. The molecule has 0 bridgehead atoms. The van der Waals surface area contributed by atoms with Crippen LogP contribution in [0.15, 0.2) is 162 Å². The summed E-state index contributed by atoms with van der Waals surface area (Å²) in [6, 6.07) is 13.7. The van der Waals surface area contributed by atoms with Crippen LogP contribution < -0.4 is 0 Å². The lowest BCUT2D eigenvalue weighted by molar-refractivity contribution is 0.669. The van der Waals surface area contributed by atoms with Gasteiger partial charge >= 0.3 is 0 Å². The number of thiophene rings is 1. The topological polar surface area (TPSA) is 51.8 Å². The Balaban J connectivity index is 1.24. The highest BCUT2D eigenvalue weighted by Gasteiger charge is 2.15. The maximum absolute atomic E-state index is 9.62. The van der Waals surface area contributed by atoms with E-state index in [1.165, 1.54) is 6.92 Å². The maximum Gasteiger partial charge on any atom is 0.164 e. The first kappa shape index (κ1) is 18.5. The summed E-state index contributed by atoms with van der Waals surface area (Å²) in [5.41, 5.74) is -0.00839. The van der Waals surface area contributed by atoms with Crippen molar-refractivity contribution in [3.63, 3.8) is 0 Å². The molecule has 0 saturated heterocycles. The summed E-state index contributed by atoms with van der Waals surface area (Å²) in [6.07, 6.45) is 0. The SMILES string of the molecule is [2H]c1c([2H])c(-c2nc(-c3ccccc3)nc(-c3ccc4c(c3)oc3ccccc34)n2)c([2H])c(-c2c([2H])c([2H])c([2H])c(-c3c([2H])c([2H])c4sc5c([2H])c(C)c([2H])c([2H])c5c4c3[2H])c2[2H])c1[2H]. The van der Waals surface area contributed by atoms with Crippen LogP contribution in [0.25, 0.3) is 98.5 Å². The lowest BCUT2D eigenvalue weighted by Gasteiger charge is -2.10. The van der Waals surface area contributed by atoms with Crippen LogP contribution >= 0.6 is 11.3 Å². The van der Waals surface area contributed by atoms with Crippen molar-refractivity contribution in [2.45, 2.75) is 6.92 Å². The van der Waals surface area contributed by atoms with Gasteiger partial charge in [-0.15, -0.1) is 11.3 Å². The van der Waals surface area contributed by atoms with E-state index in [4.69, 9.17) is 29.5 Å². The highest BCUT2D eigenvalue weighted by Crippen LogP contribution is 2.38. The van der Waals surface area contributed by atoms with E-state index in [0.29, 0.717) is 22.3 Å². The molecular weight excluding hydrogens is 643 g/mol. The minimum Gasteiger partial charge on any atom is -0.456 e. The Kier molecular flexibility index (Phi) is 4.31. The number of furan rings is 1. The van der Waals surface area contributed by atoms with E-state index in [0.717, 1.165) is 22.1 Å². The van der Waals surface area contributed by atoms with Crippen LogP contribution in [-0.2, 0) is 0 Å². The van der Waals surface area contributed by atoms with E-state index in [-0.39, 0.29) is 66.9 Å². The summed E-state index contributed by atoms with van der Waals surface area (Å²) >= 11 is 0.916. The average Bonchev–Trinajstić information content (AvgIpc) is 3.90. The third-order valence-corrected chi connectivity index (χ3v) is 9.43. The molecule has 0 atom stereocenters. The van der Waals surface area contributed by atoms with Crippen LogP contribution in [0.5, 0.6) is 0 Å². The lowest BCUT2D eigenvalue weighted by Crippen LogP contribution is -2.00. The molecule has 10 aromatic rings. The van der Waals surface area contributed by atoms with Crippen molar-refractivity contribution in [1.29, 1.82) is 0 Å². The highest BCUT2D eigenvalue weighted by atomic mass is 32.1. The van der Waals surface area contributed by atoms with E-state index < -0.39 is 88.7 Å². The van der Waals surface area contributed by atoms with Gasteiger partial charge in [0.25, 0.3) is 0 Å². The van der Waals surface area contributed by atoms with Gasteiger partial charge in [-0.2, -0.15) is 0 Å². The highest BCUT2D eigenvalue weighted by molar-refractivity contribution is 7.25. The number of hydrogen-bond donors (Lipinski definition) is 0. The predicted molar refractivity (Wildman–Crippen MR) is 212 cm³/mol. The van der Waals surface area contributed by atoms with Gasteiger partial charge in [-0.3, -0.25) is 0 Å². The Morgan fingerprint density at radius 3 is 1.92 bits per heavy atom. The molecule has 0 aliphatic carbocycles. The minimum atomic E-state index is -0.804. The second kappa shape index (κ2) is 11.9. The molecule has 240 valence electrons. The quantitative estimate of drug-likeness (QED) is 0.181. The maximum atomic E-state index is 9.62. The van der Waals surface area contributed by atoms with E-state index in [9.17, 15) is 4.11 Å². The third-order valence-electron chi connectivity index (χ3n) is 8.41. The number of hydrogen-bond acceptors (Lipinski definition) is 5. The van der Waals surface area contributed by atoms with Gasteiger partial charge in [-0.1, -0.05) is 109 Å². The monoisotopic (exact) mass is 685 g/mol. The normalized spacial score (nSPS) is 15.5. The smallest absolute Gasteiger partial charge is 0.164 e. The summed E-state index contributed by atoms with van der Waals surface area (Å²) in [5, 5.41) is 1.72. The third kappa shape index (κ3) is 5.27. The molecule has 0 aliphatic rings. The van der Waals surface area contributed by atoms with E-state index in [1.54, 1.807) is 42.5 Å². The number of nitrogens with zero attached hydrogens (tertiary/aromatic N) is 3. The first-order chi connectivity index (χ1) is 31.0. The van der Waals surface area contributed by atoms with Crippen LogP contribution in [0.3, 0.4) is 0 Å². The molecule has 5 heteroatoms. The van der Waals surface area contributed by atoms with Gasteiger partial charge in [0.1, 0.15) is 11.2 Å². The van der Waals surface area contributed by atoms with Crippen LogP contribution in [0.1, 0.15) is 24.8 Å². The standard InChI is InChI=1S/C46H29N3OS/c1-28-17-20-38-39-26-33(19-22-42(39)51-43(38)23-28)31-12-7-11-30(24-31)32-13-8-14-34(25-32)45-47-44(29-9-3-2-4-10-29)48-46(49-45)35-18-21-37-36-15-5-6-16-40(36)50-41(37)27-35/h2-27H,1H3/i7D,8D,11D,12D,13D,14D,17D,19D,20D,22D,23D,24D,25D,26D. The molecule has 7 aromatic carbocycles. The molecule has 3 heterocycles. The summed E-state index contributed by atoms with van der Waals surface area (Å²) in [6.45, 7) is 1.52. The van der Waals surface area contributed by atoms with E-state index in [2.05, 4.69) is 4.98 Å². The zero-order valence-electron chi connectivity index (χ0n) is 40.6. The van der Waals surface area contributed by atoms with Crippen molar-refractivity contribution in [3.05, 3.63) is 163 Å². The Labute approximate surface area is 318 Å². The van der Waals surface area contributed by atoms with Crippen LogP contribution in [0, 0.1) is 6.92 Å². The summed E-state index contributed by atoms with van der Waals surface area (Å²) in [5.74, 6) is 0.0110. The lowest BCUT2D eigenvalue weighted by atomic mass is 9.97. The largest absolute Gasteiger partial charge is 0.456 e. The van der Waals surface area contributed by atoms with Crippen molar-refractivity contribution in [2.75, 3.05) is 0 Å². The molecule has 51 heavy (non-hydrogen) atoms. The summed E-state index contributed by atoms with van der Waals surface area (Å²) in [7, 11) is 0. The molecule has 0 fully saturated rings. The van der Waals surface area contributed by atoms with Crippen molar-refractivity contribution in [2.24, 2.45) is 0 Å². The fourth-order valence-corrected chi connectivity index (χ4v) is 7.00. The molecule has 3 aromatic heterocycles. The fraction of sp³-hybridized carbons (Fsp3) is 0.0217. The molecular formula is C46H29N3OS. The molecule has 4 nitrogen and oxygen atoms in total. The molecule has 0 saturated carbocycles. The molecule has 10 rings (SSSR count). The van der Waals surface area contributed by atoms with Gasteiger partial charge in [-0.05, 0) is 83.2 Å². The zero-order chi connectivity index (χ0) is 46.1. The Hall–Kier alpha value is -6.43. The predicted octanol–water partition coefficient (Wildman–Crippen LogP) is 12.8. The van der Waals surface area contributed by atoms with Crippen LogP contribution in [-0.4, -0.2) is 15.0 Å². The van der Waals surface area contributed by atoms with Gasteiger partial charge in [0.15, 0.2) is 17.5 Å². The van der Waals surface area contributed by atoms with Gasteiger partial charge < -0.3 is 4.42 Å². The Bertz CT molecular complexity index is 3740. The number of rotatable bonds is 5. The number of benzene rings is 7. The van der Waals surface area contributed by atoms with Crippen molar-refractivity contribution in [3.8, 4) is 56.4 Å². The van der Waals surface area contributed by atoms with E-state index >= 15 is 0 Å². The van der Waals surface area contributed by atoms with Gasteiger partial charge in [0.05, 0.1) is 19.2 Å². The van der Waals surface area contributed by atoms with Gasteiger partial charge in [0, 0.05) is 47.6 Å². The fourth-order valence-electron chi connectivity index (χ4n) is 5.98. The Morgan fingerprint density at radius 2 is 1.12 bits per heavy atom. The van der Waals surface area contributed by atoms with E-state index in [1.807, 2.05) is 30.3 Å². The molecule has 0 unspecified atom stereocenters. The Morgan fingerprint density at radius 1 is 0.471 bits per heavy atom. The first-order valence-electron chi connectivity index (χ1n) is 22.9. The summed E-state index contributed by atoms with van der Waals surface area (Å²) < 4.78 is 133. The van der Waals surface area contributed by atoms with Crippen molar-refractivity contribution >= 4 is 53.4 Å². The zero-order valence-corrected chi connectivity index (χ0v) is 27.4. The molecule has 0 spiro atoms. The second-order valence-electron chi connectivity index (χ2n) is 11.7. The molecule has 0 N–H and O–H groups in total. The van der Waals surface area contributed by atoms with Crippen molar-refractivity contribution in [1.82, 2.24) is 15.0 Å². The van der Waals surface area contributed by atoms with Crippen LogP contribution in [0.2, 0.25) is 0 Å². The molecule has 0 aliphatic heterocycles. The molecule has 0 amide bonds. The average molecular weight is 686 g/mol. The van der Waals surface area contributed by atoms with Gasteiger partial charge in [-0.25, -0.2) is 15.0 Å².